The number of aryl methyl sites for hydroxylation is 1. The van der Waals surface area contributed by atoms with Gasteiger partial charge in [0.05, 0.1) is 17.9 Å². The fourth-order valence-electron chi connectivity index (χ4n) is 2.17. The van der Waals surface area contributed by atoms with Crippen LogP contribution in [0.15, 0.2) is 46.2 Å². The molecule has 0 atom stereocenters. The highest BCUT2D eigenvalue weighted by atomic mass is 32.1. The van der Waals surface area contributed by atoms with Crippen molar-refractivity contribution in [3.05, 3.63) is 58.1 Å². The average molecular weight is 336 g/mol. The van der Waals surface area contributed by atoms with Gasteiger partial charge in [0.25, 0.3) is 5.95 Å². The van der Waals surface area contributed by atoms with Crippen LogP contribution >= 0.6 is 11.3 Å². The van der Waals surface area contributed by atoms with E-state index in [-0.39, 0.29) is 0 Å². The molecule has 0 radical (unpaired) electrons. The number of aromatic nitrogens is 1. The Bertz CT molecular complexity index is 898. The molecule has 24 heavy (non-hydrogen) atoms. The Balaban J connectivity index is 1.87. The number of nitriles is 1. The van der Waals surface area contributed by atoms with E-state index in [1.807, 2.05) is 43.5 Å². The number of thiazole rings is 1. The molecule has 0 amide bonds. The summed E-state index contributed by atoms with van der Waals surface area (Å²) in [5, 5.41) is 12.1. The molecular weight excluding hydrogens is 320 g/mol. The topological polar surface area (TPSA) is 59.0 Å². The van der Waals surface area contributed by atoms with Crippen LogP contribution in [0.5, 0.6) is 5.95 Å². The van der Waals surface area contributed by atoms with Gasteiger partial charge in [0.2, 0.25) is 0 Å². The lowest BCUT2D eigenvalue weighted by Crippen LogP contribution is -1.87. The van der Waals surface area contributed by atoms with Gasteiger partial charge in [-0.2, -0.15) is 5.26 Å². The van der Waals surface area contributed by atoms with Crippen molar-refractivity contribution in [2.45, 2.75) is 13.8 Å². The number of hydrogen-bond acceptors (Lipinski definition) is 5. The zero-order chi connectivity index (χ0) is 16.9. The van der Waals surface area contributed by atoms with E-state index in [1.165, 1.54) is 16.9 Å². The van der Waals surface area contributed by atoms with Gasteiger partial charge in [0.15, 0.2) is 0 Å². The van der Waals surface area contributed by atoms with Crippen molar-refractivity contribution < 1.29 is 9.15 Å². The molecule has 0 N–H and O–H groups in total. The maximum absolute atomic E-state index is 9.44. The molecule has 3 aromatic rings. The summed E-state index contributed by atoms with van der Waals surface area (Å²) < 4.78 is 10.8. The second kappa shape index (κ2) is 7.16. The lowest BCUT2D eigenvalue weighted by Gasteiger charge is -1.97. The van der Waals surface area contributed by atoms with Crippen LogP contribution in [0.2, 0.25) is 0 Å². The fourth-order valence-corrected chi connectivity index (χ4v) is 2.96. The standard InChI is InChI=1S/C19H16N2O2S/c1-3-22-18-9-8-16(23-18)10-15(11-20)19-21-17(12-24-19)14-6-4-13(2)5-7-14/h4-10,12H,3H2,1-2H3. The molecular formula is C19H16N2O2S. The highest BCUT2D eigenvalue weighted by Crippen LogP contribution is 2.28. The Morgan fingerprint density at radius 1 is 1.29 bits per heavy atom. The summed E-state index contributed by atoms with van der Waals surface area (Å²) in [7, 11) is 0. The minimum absolute atomic E-state index is 0.445. The third-order valence-electron chi connectivity index (χ3n) is 3.38. The highest BCUT2D eigenvalue weighted by molar-refractivity contribution is 7.11. The SMILES string of the molecule is CCOc1ccc(C=C(C#N)c2nc(-c3ccc(C)cc3)cs2)o1. The number of rotatable bonds is 5. The molecule has 1 aromatic carbocycles. The van der Waals surface area contributed by atoms with Crippen LogP contribution in [-0.4, -0.2) is 11.6 Å². The molecule has 2 aromatic heterocycles. The van der Waals surface area contributed by atoms with E-state index in [4.69, 9.17) is 9.15 Å². The van der Waals surface area contributed by atoms with Crippen LogP contribution in [0, 0.1) is 18.3 Å². The van der Waals surface area contributed by atoms with Gasteiger partial charge in [-0.1, -0.05) is 29.8 Å². The molecule has 2 heterocycles. The molecule has 0 aliphatic carbocycles. The molecule has 0 aliphatic heterocycles. The van der Waals surface area contributed by atoms with Crippen molar-refractivity contribution >= 4 is 23.0 Å². The summed E-state index contributed by atoms with van der Waals surface area (Å²) >= 11 is 1.44. The van der Waals surface area contributed by atoms with Crippen molar-refractivity contribution in [1.82, 2.24) is 4.98 Å². The second-order valence-electron chi connectivity index (χ2n) is 5.16. The van der Waals surface area contributed by atoms with Crippen molar-refractivity contribution in [3.63, 3.8) is 0 Å². The summed E-state index contributed by atoms with van der Waals surface area (Å²) in [6.45, 7) is 4.47. The quantitative estimate of drug-likeness (QED) is 0.603. The maximum atomic E-state index is 9.44. The zero-order valence-electron chi connectivity index (χ0n) is 13.4. The van der Waals surface area contributed by atoms with Crippen LogP contribution in [0.3, 0.4) is 0 Å². The lowest BCUT2D eigenvalue weighted by atomic mass is 10.1. The summed E-state index contributed by atoms with van der Waals surface area (Å²) in [6.07, 6.45) is 1.68. The predicted molar refractivity (Wildman–Crippen MR) is 95.6 cm³/mol. The second-order valence-corrected chi connectivity index (χ2v) is 6.02. The molecule has 0 fully saturated rings. The number of furan rings is 1. The van der Waals surface area contributed by atoms with Crippen molar-refractivity contribution in [3.8, 4) is 23.3 Å². The first kappa shape index (κ1) is 16.0. The molecule has 0 unspecified atom stereocenters. The largest absolute Gasteiger partial charge is 0.465 e. The Labute approximate surface area is 144 Å². The Hall–Kier alpha value is -2.84. The minimum Gasteiger partial charge on any atom is -0.465 e. The van der Waals surface area contributed by atoms with E-state index in [0.29, 0.717) is 28.9 Å². The lowest BCUT2D eigenvalue weighted by molar-refractivity contribution is 0.256. The fraction of sp³-hybridized carbons (Fsp3) is 0.158. The van der Waals surface area contributed by atoms with Crippen molar-refractivity contribution in [2.24, 2.45) is 0 Å². The number of allylic oxidation sites excluding steroid dienone is 1. The monoisotopic (exact) mass is 336 g/mol. The molecule has 120 valence electrons. The smallest absolute Gasteiger partial charge is 0.284 e. The first-order chi connectivity index (χ1) is 11.7. The zero-order valence-corrected chi connectivity index (χ0v) is 14.3. The predicted octanol–water partition coefficient (Wildman–Crippen LogP) is 5.17. The maximum Gasteiger partial charge on any atom is 0.284 e. The van der Waals surface area contributed by atoms with Crippen LogP contribution < -0.4 is 4.74 Å². The minimum atomic E-state index is 0.445. The molecule has 0 spiro atoms. The number of nitrogens with zero attached hydrogens (tertiary/aromatic N) is 2. The van der Waals surface area contributed by atoms with Crippen LogP contribution in [0.25, 0.3) is 22.9 Å². The molecule has 0 bridgehead atoms. The summed E-state index contributed by atoms with van der Waals surface area (Å²) in [5.41, 5.74) is 3.58. The third-order valence-corrected chi connectivity index (χ3v) is 4.25. The third kappa shape index (κ3) is 3.55. The Kier molecular flexibility index (Phi) is 4.78. The van der Waals surface area contributed by atoms with Gasteiger partial charge in [-0.25, -0.2) is 4.98 Å². The molecule has 4 nitrogen and oxygen atoms in total. The van der Waals surface area contributed by atoms with E-state index < -0.39 is 0 Å². The van der Waals surface area contributed by atoms with E-state index >= 15 is 0 Å². The molecule has 5 heteroatoms. The summed E-state index contributed by atoms with van der Waals surface area (Å²) in [5.74, 6) is 1.02. The Morgan fingerprint density at radius 2 is 2.08 bits per heavy atom. The molecule has 3 rings (SSSR count). The van der Waals surface area contributed by atoms with Crippen LogP contribution in [0.1, 0.15) is 23.3 Å². The molecule has 0 saturated carbocycles. The van der Waals surface area contributed by atoms with Gasteiger partial charge < -0.3 is 9.15 Å². The van der Waals surface area contributed by atoms with Crippen molar-refractivity contribution in [2.75, 3.05) is 6.61 Å². The van der Waals surface area contributed by atoms with Gasteiger partial charge in [-0.05, 0) is 19.9 Å². The normalized spacial score (nSPS) is 11.3. The van der Waals surface area contributed by atoms with E-state index in [9.17, 15) is 5.26 Å². The summed E-state index contributed by atoms with van der Waals surface area (Å²) in [6, 6.07) is 13.9. The number of ether oxygens (including phenoxy) is 1. The Morgan fingerprint density at radius 3 is 2.79 bits per heavy atom. The van der Waals surface area contributed by atoms with Gasteiger partial charge in [-0.15, -0.1) is 11.3 Å². The first-order valence-electron chi connectivity index (χ1n) is 7.57. The summed E-state index contributed by atoms with van der Waals surface area (Å²) in [4.78, 5) is 4.58. The van der Waals surface area contributed by atoms with Gasteiger partial charge in [-0.3, -0.25) is 0 Å². The van der Waals surface area contributed by atoms with Gasteiger partial charge in [0, 0.05) is 23.1 Å². The highest BCUT2D eigenvalue weighted by Gasteiger charge is 2.10. The van der Waals surface area contributed by atoms with Crippen molar-refractivity contribution in [1.29, 1.82) is 5.26 Å². The van der Waals surface area contributed by atoms with E-state index in [1.54, 1.807) is 18.2 Å². The molecule has 0 aliphatic rings. The average Bonchev–Trinajstić information content (AvgIpc) is 3.23. The van der Waals surface area contributed by atoms with Crippen LogP contribution in [-0.2, 0) is 0 Å². The van der Waals surface area contributed by atoms with Crippen LogP contribution in [0.4, 0.5) is 0 Å². The van der Waals surface area contributed by atoms with Gasteiger partial charge >= 0.3 is 0 Å². The van der Waals surface area contributed by atoms with Gasteiger partial charge in [0.1, 0.15) is 16.8 Å². The number of benzene rings is 1. The first-order valence-corrected chi connectivity index (χ1v) is 8.45. The number of hydrogen-bond donors (Lipinski definition) is 0. The van der Waals surface area contributed by atoms with E-state index in [2.05, 4.69) is 11.1 Å². The molecule has 0 saturated heterocycles. The van der Waals surface area contributed by atoms with E-state index in [0.717, 1.165) is 11.3 Å².